The van der Waals surface area contributed by atoms with Gasteiger partial charge in [0.15, 0.2) is 0 Å². The van der Waals surface area contributed by atoms with E-state index in [1.165, 1.54) is 24.9 Å². The van der Waals surface area contributed by atoms with Gasteiger partial charge in [0, 0.05) is 25.9 Å². The van der Waals surface area contributed by atoms with Gasteiger partial charge < -0.3 is 4.57 Å². The molecular formula is C13H22FNSi. The van der Waals surface area contributed by atoms with Crippen molar-refractivity contribution in [2.45, 2.75) is 57.9 Å². The minimum absolute atomic E-state index is 0.0120. The fourth-order valence-corrected chi connectivity index (χ4v) is 5.28. The summed E-state index contributed by atoms with van der Waals surface area (Å²) in [6.07, 6.45) is 4.48. The number of hydrogen-bond donors (Lipinski definition) is 0. The molecule has 0 unspecified atom stereocenters. The molecule has 1 aliphatic rings. The van der Waals surface area contributed by atoms with E-state index in [1.54, 1.807) is 0 Å². The molecule has 16 heavy (non-hydrogen) atoms. The van der Waals surface area contributed by atoms with E-state index in [9.17, 15) is 4.39 Å². The second-order valence-corrected chi connectivity index (χ2v) is 11.3. The zero-order valence-corrected chi connectivity index (χ0v) is 11.8. The summed E-state index contributed by atoms with van der Waals surface area (Å²) in [7, 11) is -0.896. The Labute approximate surface area is 98.7 Å². The van der Waals surface area contributed by atoms with Gasteiger partial charge in [-0.15, -0.1) is 0 Å². The quantitative estimate of drug-likeness (QED) is 0.644. The van der Waals surface area contributed by atoms with Crippen LogP contribution in [0.2, 0.25) is 25.2 Å². The highest BCUT2D eigenvalue weighted by Gasteiger charge is 2.30. The highest BCUT2D eigenvalue weighted by atomic mass is 28.3. The topological polar surface area (TPSA) is 4.93 Å². The fraction of sp³-hybridized carbons (Fsp3) is 0.692. The molecule has 1 aromatic rings. The fourth-order valence-electron chi connectivity index (χ4n) is 2.80. The van der Waals surface area contributed by atoms with Crippen LogP contribution < -0.4 is 0 Å². The van der Waals surface area contributed by atoms with E-state index in [-0.39, 0.29) is 5.82 Å². The molecule has 0 N–H and O–H groups in total. The van der Waals surface area contributed by atoms with Crippen LogP contribution >= 0.6 is 0 Å². The molecular weight excluding hydrogens is 217 g/mol. The third-order valence-corrected chi connectivity index (χ3v) is 7.37. The Hall–Kier alpha value is -0.573. The molecule has 1 aromatic heterocycles. The molecule has 90 valence electrons. The van der Waals surface area contributed by atoms with Crippen LogP contribution in [0, 0.1) is 19.7 Å². The molecule has 0 aromatic carbocycles. The maximum Gasteiger partial charge on any atom is 0.146 e. The monoisotopic (exact) mass is 239 g/mol. The van der Waals surface area contributed by atoms with Crippen LogP contribution in [0.5, 0.6) is 0 Å². The Bertz CT molecular complexity index is 385. The van der Waals surface area contributed by atoms with Crippen molar-refractivity contribution in [3.63, 3.8) is 0 Å². The minimum Gasteiger partial charge on any atom is -0.346 e. The zero-order chi connectivity index (χ0) is 11.9. The van der Waals surface area contributed by atoms with E-state index >= 15 is 0 Å². The summed E-state index contributed by atoms with van der Waals surface area (Å²) in [5, 5.41) is 0. The van der Waals surface area contributed by atoms with Gasteiger partial charge in [0.2, 0.25) is 0 Å². The van der Waals surface area contributed by atoms with Gasteiger partial charge >= 0.3 is 0 Å². The van der Waals surface area contributed by atoms with E-state index in [2.05, 4.69) is 17.7 Å². The predicted octanol–water partition coefficient (Wildman–Crippen LogP) is 4.29. The van der Waals surface area contributed by atoms with E-state index < -0.39 is 8.07 Å². The average Bonchev–Trinajstić information content (AvgIpc) is 2.46. The zero-order valence-electron chi connectivity index (χ0n) is 10.8. The smallest absolute Gasteiger partial charge is 0.146 e. The van der Waals surface area contributed by atoms with Gasteiger partial charge in [-0.1, -0.05) is 25.2 Å². The molecule has 2 rings (SSSR count). The largest absolute Gasteiger partial charge is 0.346 e. The molecule has 1 aliphatic heterocycles. The minimum atomic E-state index is -0.896. The van der Waals surface area contributed by atoms with Crippen molar-refractivity contribution in [2.75, 3.05) is 0 Å². The normalized spacial score (nSPS) is 21.3. The van der Waals surface area contributed by atoms with Crippen molar-refractivity contribution in [3.05, 3.63) is 23.3 Å². The highest BCUT2D eigenvalue weighted by molar-refractivity contribution is 6.77. The molecule has 0 bridgehead atoms. The maximum absolute atomic E-state index is 13.6. The third-order valence-electron chi connectivity index (χ3n) is 4.09. The third kappa shape index (κ3) is 2.10. The molecule has 3 heteroatoms. The summed E-state index contributed by atoms with van der Waals surface area (Å²) >= 11 is 0. The van der Waals surface area contributed by atoms with E-state index in [1.807, 2.05) is 20.0 Å². The second-order valence-electron chi connectivity index (χ2n) is 6.01. The first-order chi connectivity index (χ1) is 7.41. The molecule has 1 nitrogen and oxygen atoms in total. The van der Waals surface area contributed by atoms with Gasteiger partial charge in [0.25, 0.3) is 0 Å². The van der Waals surface area contributed by atoms with Gasteiger partial charge in [-0.05, 0) is 26.7 Å². The lowest BCUT2D eigenvalue weighted by molar-refractivity contribution is 0.438. The first-order valence-corrected chi connectivity index (χ1v) is 9.66. The Morgan fingerprint density at radius 1 is 1.25 bits per heavy atom. The molecule has 0 saturated carbocycles. The predicted molar refractivity (Wildman–Crippen MR) is 69.2 cm³/mol. The summed E-state index contributed by atoms with van der Waals surface area (Å²) in [6.45, 7) is 8.70. The van der Waals surface area contributed by atoms with Gasteiger partial charge in [0.1, 0.15) is 5.82 Å². The lowest BCUT2D eigenvalue weighted by atomic mass is 10.1. The summed E-state index contributed by atoms with van der Waals surface area (Å²) in [4.78, 5) is 0. The number of halogens is 1. The van der Waals surface area contributed by atoms with Crippen molar-refractivity contribution >= 4 is 8.07 Å². The number of hydrogen-bond acceptors (Lipinski definition) is 0. The lowest BCUT2D eigenvalue weighted by Gasteiger charge is -2.34. The molecule has 1 saturated heterocycles. The van der Waals surface area contributed by atoms with Gasteiger partial charge in [-0.3, -0.25) is 0 Å². The van der Waals surface area contributed by atoms with Crippen LogP contribution in [0.15, 0.2) is 6.20 Å². The standard InChI is InChI=1S/C13H22FNSi/c1-10-9-15(11(2)13(10)14)12-5-7-16(3,4)8-6-12/h9,12H,5-8H2,1-4H3. The Kier molecular flexibility index (Phi) is 2.99. The Balaban J connectivity index is 2.17. The van der Waals surface area contributed by atoms with E-state index in [4.69, 9.17) is 0 Å². The SMILES string of the molecule is Cc1cn(C2CC[Si](C)(C)CC2)c(C)c1F. The van der Waals surface area contributed by atoms with Gasteiger partial charge in [-0.25, -0.2) is 4.39 Å². The summed E-state index contributed by atoms with van der Waals surface area (Å²) in [5.74, 6) is -0.0120. The number of rotatable bonds is 1. The highest BCUT2D eigenvalue weighted by Crippen LogP contribution is 2.36. The molecule has 0 atom stereocenters. The van der Waals surface area contributed by atoms with Crippen molar-refractivity contribution in [2.24, 2.45) is 0 Å². The summed E-state index contributed by atoms with van der Waals surface area (Å²) < 4.78 is 15.8. The summed E-state index contributed by atoms with van der Waals surface area (Å²) in [5.41, 5.74) is 1.61. The van der Waals surface area contributed by atoms with Crippen LogP contribution in [-0.4, -0.2) is 12.6 Å². The van der Waals surface area contributed by atoms with Crippen molar-refractivity contribution in [3.8, 4) is 0 Å². The van der Waals surface area contributed by atoms with Crippen LogP contribution in [-0.2, 0) is 0 Å². The van der Waals surface area contributed by atoms with Gasteiger partial charge in [0.05, 0.1) is 5.69 Å². The maximum atomic E-state index is 13.6. The summed E-state index contributed by atoms with van der Waals surface area (Å²) in [6, 6.07) is 3.31. The van der Waals surface area contributed by atoms with Crippen molar-refractivity contribution in [1.29, 1.82) is 0 Å². The molecule has 1 fully saturated rings. The lowest BCUT2D eigenvalue weighted by Crippen LogP contribution is -2.32. The number of aromatic nitrogens is 1. The molecule has 2 heterocycles. The Morgan fingerprint density at radius 2 is 1.81 bits per heavy atom. The second kappa shape index (κ2) is 4.02. The Morgan fingerprint density at radius 3 is 2.25 bits per heavy atom. The average molecular weight is 239 g/mol. The van der Waals surface area contributed by atoms with Crippen molar-refractivity contribution < 1.29 is 4.39 Å². The van der Waals surface area contributed by atoms with Crippen LogP contribution in [0.1, 0.15) is 30.1 Å². The first kappa shape index (κ1) is 11.9. The molecule has 0 spiro atoms. The van der Waals surface area contributed by atoms with Gasteiger partial charge in [-0.2, -0.15) is 0 Å². The van der Waals surface area contributed by atoms with Crippen molar-refractivity contribution in [1.82, 2.24) is 4.57 Å². The van der Waals surface area contributed by atoms with Crippen LogP contribution in [0.25, 0.3) is 0 Å². The van der Waals surface area contributed by atoms with E-state index in [0.29, 0.717) is 6.04 Å². The van der Waals surface area contributed by atoms with Crippen LogP contribution in [0.3, 0.4) is 0 Å². The number of aryl methyl sites for hydroxylation is 1. The van der Waals surface area contributed by atoms with E-state index in [0.717, 1.165) is 11.3 Å². The van der Waals surface area contributed by atoms with Crippen LogP contribution in [0.4, 0.5) is 4.39 Å². The first-order valence-electron chi connectivity index (χ1n) is 6.24. The number of nitrogens with zero attached hydrogens (tertiary/aromatic N) is 1. The molecule has 0 aliphatic carbocycles. The molecule has 0 amide bonds. The molecule has 0 radical (unpaired) electrons.